The van der Waals surface area contributed by atoms with E-state index in [2.05, 4.69) is 76.6 Å². The smallest absolute Gasteiger partial charge is 0.170 e. The molecule has 3 fully saturated rings. The van der Waals surface area contributed by atoms with Gasteiger partial charge in [-0.1, -0.05) is 30.3 Å². The summed E-state index contributed by atoms with van der Waals surface area (Å²) >= 11 is 5.52. The van der Waals surface area contributed by atoms with Crippen molar-refractivity contribution in [1.82, 2.24) is 20.0 Å². The maximum atomic E-state index is 5.52. The summed E-state index contributed by atoms with van der Waals surface area (Å²) in [5.41, 5.74) is 5.82. The van der Waals surface area contributed by atoms with E-state index in [0.29, 0.717) is 23.0 Å². The van der Waals surface area contributed by atoms with E-state index in [0.717, 1.165) is 24.5 Å². The van der Waals surface area contributed by atoms with Crippen LogP contribution in [0.25, 0.3) is 11.3 Å². The van der Waals surface area contributed by atoms with E-state index >= 15 is 0 Å². The fourth-order valence-electron chi connectivity index (χ4n) is 5.49. The number of para-hydroxylation sites is 1. The molecule has 2 N–H and O–H groups in total. The van der Waals surface area contributed by atoms with Crippen LogP contribution in [0, 0.1) is 5.92 Å². The highest BCUT2D eigenvalue weighted by atomic mass is 32.1. The second kappa shape index (κ2) is 9.76. The summed E-state index contributed by atoms with van der Waals surface area (Å²) < 4.78 is 2.10. The molecule has 3 aliphatic rings. The third-order valence-corrected chi connectivity index (χ3v) is 7.63. The van der Waals surface area contributed by atoms with Crippen LogP contribution in [-0.4, -0.2) is 59.6 Å². The van der Waals surface area contributed by atoms with Crippen LogP contribution in [0.1, 0.15) is 24.5 Å². The first kappa shape index (κ1) is 22.9. The number of hydrogen-bond donors (Lipinski definition) is 2. The summed E-state index contributed by atoms with van der Waals surface area (Å²) in [6, 6.07) is 21.6. The molecule has 4 atom stereocenters. The minimum absolute atomic E-state index is 0.525. The maximum absolute atomic E-state index is 5.52. The Morgan fingerprint density at radius 3 is 2.56 bits per heavy atom. The molecule has 7 heteroatoms. The number of piperidine rings is 3. The molecule has 178 valence electrons. The molecule has 2 aromatic carbocycles. The van der Waals surface area contributed by atoms with Crippen molar-refractivity contribution >= 4 is 28.7 Å². The quantitative estimate of drug-likeness (QED) is 0.519. The Bertz CT molecular complexity index is 1120. The van der Waals surface area contributed by atoms with Gasteiger partial charge in [-0.15, -0.1) is 0 Å². The summed E-state index contributed by atoms with van der Waals surface area (Å²) in [6.07, 6.45) is 2.45. The van der Waals surface area contributed by atoms with Crippen molar-refractivity contribution in [3.8, 4) is 11.3 Å². The van der Waals surface area contributed by atoms with Crippen LogP contribution in [0.15, 0.2) is 60.7 Å². The number of rotatable bonds is 6. The van der Waals surface area contributed by atoms with E-state index in [1.54, 1.807) is 0 Å². The molecule has 6 nitrogen and oxygen atoms in total. The lowest BCUT2D eigenvalue weighted by Crippen LogP contribution is -2.56. The zero-order chi connectivity index (χ0) is 23.7. The van der Waals surface area contributed by atoms with Crippen LogP contribution in [-0.2, 0) is 7.05 Å². The van der Waals surface area contributed by atoms with Gasteiger partial charge in [0.15, 0.2) is 5.11 Å². The topological polar surface area (TPSA) is 48.4 Å². The van der Waals surface area contributed by atoms with Crippen LogP contribution in [0.4, 0.5) is 11.4 Å². The lowest BCUT2D eigenvalue weighted by molar-refractivity contribution is 0.0303. The molecule has 0 aliphatic carbocycles. The Labute approximate surface area is 207 Å². The number of nitrogens with one attached hydrogen (secondary N) is 2. The fraction of sp³-hybridized carbons (Fsp3) is 0.407. The highest BCUT2D eigenvalue weighted by Gasteiger charge is 2.41. The predicted molar refractivity (Wildman–Crippen MR) is 144 cm³/mol. The minimum Gasteiger partial charge on any atom is -0.378 e. The van der Waals surface area contributed by atoms with Gasteiger partial charge in [0.05, 0.1) is 5.69 Å². The van der Waals surface area contributed by atoms with Crippen molar-refractivity contribution in [2.24, 2.45) is 13.0 Å². The van der Waals surface area contributed by atoms with Crippen LogP contribution in [0.2, 0.25) is 0 Å². The Hall–Kier alpha value is -2.90. The first-order chi connectivity index (χ1) is 16.5. The molecule has 0 amide bonds. The molecule has 3 saturated heterocycles. The molecule has 0 radical (unpaired) electrons. The van der Waals surface area contributed by atoms with Gasteiger partial charge in [0.2, 0.25) is 0 Å². The van der Waals surface area contributed by atoms with Gasteiger partial charge in [-0.3, -0.25) is 9.58 Å². The Balaban J connectivity index is 1.22. The van der Waals surface area contributed by atoms with Gasteiger partial charge in [0.25, 0.3) is 0 Å². The van der Waals surface area contributed by atoms with Crippen molar-refractivity contribution in [3.63, 3.8) is 0 Å². The first-order valence-corrected chi connectivity index (χ1v) is 12.5. The normalized spacial score (nSPS) is 23.5. The number of aryl methyl sites for hydroxylation is 1. The molecule has 0 spiro atoms. The fourth-order valence-corrected chi connectivity index (χ4v) is 5.69. The standard InChI is InChI=1S/C27H34N6S/c1-31(2)22-11-9-19(10-12-22)25-16-26(32(3)30-25)24-18-33-14-13-20(24)15-23(33)17-28-27(34)29-21-7-5-4-6-8-21/h4-12,16,20,23-24H,13-15,17-18H2,1-3H3,(H2,28,29,34)/t20-,23+,24+/m0/s1. The van der Waals surface area contributed by atoms with Gasteiger partial charge in [0, 0.05) is 68.8 Å². The number of nitrogens with zero attached hydrogens (tertiary/aromatic N) is 4. The highest BCUT2D eigenvalue weighted by molar-refractivity contribution is 7.80. The molecule has 34 heavy (non-hydrogen) atoms. The number of aromatic nitrogens is 2. The van der Waals surface area contributed by atoms with Gasteiger partial charge in [-0.2, -0.15) is 5.10 Å². The Morgan fingerprint density at radius 1 is 1.12 bits per heavy atom. The van der Waals surface area contributed by atoms with Gasteiger partial charge in [-0.05, 0) is 67.9 Å². The van der Waals surface area contributed by atoms with Gasteiger partial charge in [0.1, 0.15) is 0 Å². The third kappa shape index (κ3) is 4.81. The van der Waals surface area contributed by atoms with Crippen LogP contribution >= 0.6 is 12.2 Å². The van der Waals surface area contributed by atoms with Crippen molar-refractivity contribution in [3.05, 3.63) is 66.4 Å². The molecule has 4 heterocycles. The number of hydrogen-bond acceptors (Lipinski definition) is 4. The predicted octanol–water partition coefficient (Wildman–Crippen LogP) is 4.32. The van der Waals surface area contributed by atoms with Crippen LogP contribution in [0.3, 0.4) is 0 Å². The highest BCUT2D eigenvalue weighted by Crippen LogP contribution is 2.42. The monoisotopic (exact) mass is 474 g/mol. The summed E-state index contributed by atoms with van der Waals surface area (Å²) in [5, 5.41) is 12.3. The van der Waals surface area contributed by atoms with Crippen molar-refractivity contribution < 1.29 is 0 Å². The zero-order valence-electron chi connectivity index (χ0n) is 20.2. The lowest BCUT2D eigenvalue weighted by Gasteiger charge is -2.50. The van der Waals surface area contributed by atoms with E-state index in [4.69, 9.17) is 17.3 Å². The van der Waals surface area contributed by atoms with Crippen molar-refractivity contribution in [2.45, 2.75) is 24.8 Å². The summed E-state index contributed by atoms with van der Waals surface area (Å²) in [5.74, 6) is 1.22. The number of thiocarbonyl (C=S) groups is 1. The zero-order valence-corrected chi connectivity index (χ0v) is 21.1. The number of benzene rings is 2. The molecule has 3 aliphatic heterocycles. The lowest BCUT2D eigenvalue weighted by atomic mass is 9.74. The second-order valence-corrected chi connectivity index (χ2v) is 10.2. The molecular formula is C27H34N6S. The number of anilines is 2. The maximum Gasteiger partial charge on any atom is 0.170 e. The van der Waals surface area contributed by atoms with Gasteiger partial charge >= 0.3 is 0 Å². The van der Waals surface area contributed by atoms with Gasteiger partial charge < -0.3 is 15.5 Å². The molecular weight excluding hydrogens is 440 g/mol. The summed E-state index contributed by atoms with van der Waals surface area (Å²) in [4.78, 5) is 4.76. The Kier molecular flexibility index (Phi) is 6.57. The minimum atomic E-state index is 0.525. The van der Waals surface area contributed by atoms with E-state index in [1.807, 2.05) is 30.3 Å². The van der Waals surface area contributed by atoms with Crippen LogP contribution < -0.4 is 15.5 Å². The molecule has 3 aromatic rings. The van der Waals surface area contributed by atoms with E-state index in [9.17, 15) is 0 Å². The summed E-state index contributed by atoms with van der Waals surface area (Å²) in [6.45, 7) is 3.15. The molecule has 1 aromatic heterocycles. The SMILES string of the molecule is CN(C)c1ccc(-c2cc([C@@H]3CN4CC[C@H]3C[C@@H]4CNC(=S)Nc3ccccc3)n(C)n2)cc1. The third-order valence-electron chi connectivity index (χ3n) is 7.38. The second-order valence-electron chi connectivity index (χ2n) is 9.76. The molecule has 6 rings (SSSR count). The average molecular weight is 475 g/mol. The van der Waals surface area contributed by atoms with Crippen LogP contribution in [0.5, 0.6) is 0 Å². The van der Waals surface area contributed by atoms with Gasteiger partial charge in [-0.25, -0.2) is 0 Å². The van der Waals surface area contributed by atoms with E-state index in [1.165, 1.54) is 36.3 Å². The van der Waals surface area contributed by atoms with E-state index < -0.39 is 0 Å². The largest absolute Gasteiger partial charge is 0.378 e. The van der Waals surface area contributed by atoms with E-state index in [-0.39, 0.29) is 0 Å². The molecule has 1 unspecified atom stereocenters. The molecule has 2 bridgehead atoms. The summed E-state index contributed by atoms with van der Waals surface area (Å²) in [7, 11) is 6.23. The Morgan fingerprint density at radius 2 is 1.88 bits per heavy atom. The number of fused-ring (bicyclic) bond motifs is 3. The van der Waals surface area contributed by atoms with Crippen molar-refractivity contribution in [2.75, 3.05) is 43.9 Å². The average Bonchev–Trinajstić information content (AvgIpc) is 3.25. The first-order valence-electron chi connectivity index (χ1n) is 12.1. The van der Waals surface area contributed by atoms with Crippen molar-refractivity contribution in [1.29, 1.82) is 0 Å². The molecule has 0 saturated carbocycles.